The first kappa shape index (κ1) is 14.4. The molecule has 0 fully saturated rings. The van der Waals surface area contributed by atoms with Crippen molar-refractivity contribution in [2.75, 3.05) is 19.4 Å². The maximum absolute atomic E-state index is 11.9. The molecule has 0 aromatic heterocycles. The number of amides is 1. The van der Waals surface area contributed by atoms with Gasteiger partial charge in [-0.15, -0.1) is 0 Å². The minimum Gasteiger partial charge on any atom is -0.495 e. The van der Waals surface area contributed by atoms with E-state index in [1.807, 2.05) is 0 Å². The second kappa shape index (κ2) is 6.28. The third kappa shape index (κ3) is 3.65. The van der Waals surface area contributed by atoms with Crippen LogP contribution in [-0.2, 0) is 0 Å². The first-order valence-corrected chi connectivity index (χ1v) is 6.17. The predicted molar refractivity (Wildman–Crippen MR) is 73.7 cm³/mol. The van der Waals surface area contributed by atoms with Crippen molar-refractivity contribution in [3.63, 3.8) is 0 Å². The van der Waals surface area contributed by atoms with E-state index < -0.39 is 0 Å². The van der Waals surface area contributed by atoms with Gasteiger partial charge in [0.25, 0.3) is 5.91 Å². The van der Waals surface area contributed by atoms with Crippen LogP contribution < -0.4 is 15.8 Å². The van der Waals surface area contributed by atoms with Crippen LogP contribution in [0.3, 0.4) is 0 Å². The molecule has 3 N–H and O–H groups in total. The molecule has 0 aliphatic rings. The summed E-state index contributed by atoms with van der Waals surface area (Å²) in [5.74, 6) is 1.48. The lowest BCUT2D eigenvalue weighted by Crippen LogP contribution is -2.30. The summed E-state index contributed by atoms with van der Waals surface area (Å²) < 4.78 is 5.05. The van der Waals surface area contributed by atoms with Crippen LogP contribution in [0.15, 0.2) is 18.2 Å². The van der Waals surface area contributed by atoms with Gasteiger partial charge in [0.2, 0.25) is 0 Å². The second-order valence-corrected chi connectivity index (χ2v) is 4.89. The van der Waals surface area contributed by atoms with Crippen molar-refractivity contribution in [2.45, 2.75) is 20.8 Å². The molecule has 100 valence electrons. The number of nitrogen functional groups attached to an aromatic ring is 1. The van der Waals surface area contributed by atoms with E-state index in [1.54, 1.807) is 25.3 Å². The van der Waals surface area contributed by atoms with Crippen molar-refractivity contribution in [3.8, 4) is 5.75 Å². The molecule has 0 bridgehead atoms. The molecule has 4 heteroatoms. The molecule has 0 aliphatic heterocycles. The van der Waals surface area contributed by atoms with Crippen molar-refractivity contribution in [1.29, 1.82) is 0 Å². The van der Waals surface area contributed by atoms with Crippen molar-refractivity contribution in [2.24, 2.45) is 11.8 Å². The van der Waals surface area contributed by atoms with Crippen molar-refractivity contribution in [3.05, 3.63) is 23.8 Å². The average Bonchev–Trinajstić information content (AvgIpc) is 2.35. The summed E-state index contributed by atoms with van der Waals surface area (Å²) in [5.41, 5.74) is 6.80. The van der Waals surface area contributed by atoms with E-state index in [1.165, 1.54) is 0 Å². The lowest BCUT2D eigenvalue weighted by atomic mass is 9.98. The van der Waals surface area contributed by atoms with Gasteiger partial charge >= 0.3 is 0 Å². The van der Waals surface area contributed by atoms with Crippen molar-refractivity contribution in [1.82, 2.24) is 5.32 Å². The van der Waals surface area contributed by atoms with Gasteiger partial charge in [-0.05, 0) is 30.0 Å². The lowest BCUT2D eigenvalue weighted by molar-refractivity contribution is 0.0945. The largest absolute Gasteiger partial charge is 0.495 e. The Morgan fingerprint density at radius 2 is 2.06 bits per heavy atom. The molecule has 0 spiro atoms. The van der Waals surface area contributed by atoms with E-state index >= 15 is 0 Å². The first-order chi connectivity index (χ1) is 8.45. The third-order valence-corrected chi connectivity index (χ3v) is 3.21. The number of carbonyl (C=O) groups excluding carboxylic acids is 1. The minimum atomic E-state index is -0.100. The van der Waals surface area contributed by atoms with Gasteiger partial charge in [-0.1, -0.05) is 20.8 Å². The van der Waals surface area contributed by atoms with E-state index in [2.05, 4.69) is 26.1 Å². The molecule has 1 unspecified atom stereocenters. The van der Waals surface area contributed by atoms with Crippen LogP contribution in [0.5, 0.6) is 5.75 Å². The number of nitrogens with two attached hydrogens (primary N) is 1. The molecule has 0 saturated heterocycles. The number of benzene rings is 1. The molecule has 1 amide bonds. The lowest BCUT2D eigenvalue weighted by Gasteiger charge is -2.16. The summed E-state index contributed by atoms with van der Waals surface area (Å²) in [5, 5.41) is 2.91. The molecule has 18 heavy (non-hydrogen) atoms. The van der Waals surface area contributed by atoms with E-state index in [4.69, 9.17) is 10.5 Å². The quantitative estimate of drug-likeness (QED) is 0.788. The Hall–Kier alpha value is -1.71. The topological polar surface area (TPSA) is 64.3 Å². The van der Waals surface area contributed by atoms with Gasteiger partial charge in [-0.3, -0.25) is 4.79 Å². The highest BCUT2D eigenvalue weighted by atomic mass is 16.5. The molecule has 1 aromatic rings. The van der Waals surface area contributed by atoms with Crippen LogP contribution in [0, 0.1) is 11.8 Å². The fraction of sp³-hybridized carbons (Fsp3) is 0.500. The third-order valence-electron chi connectivity index (χ3n) is 3.21. The Kier molecular flexibility index (Phi) is 5.01. The molecular formula is C14H22N2O2. The Morgan fingerprint density at radius 1 is 1.39 bits per heavy atom. The molecule has 1 rings (SSSR count). The number of methoxy groups -OCH3 is 1. The molecule has 1 aromatic carbocycles. The molecule has 4 nitrogen and oxygen atoms in total. The zero-order chi connectivity index (χ0) is 13.7. The summed E-state index contributed by atoms with van der Waals surface area (Å²) in [6.45, 7) is 7.07. The summed E-state index contributed by atoms with van der Waals surface area (Å²) in [6, 6.07) is 5.05. The molecular weight excluding hydrogens is 228 g/mol. The Bertz CT molecular complexity index is 416. The zero-order valence-electron chi connectivity index (χ0n) is 11.5. The number of ether oxygens (including phenoxy) is 1. The number of nitrogens with one attached hydrogen (secondary N) is 1. The molecule has 0 aliphatic carbocycles. The number of hydrogen-bond donors (Lipinski definition) is 2. The van der Waals surface area contributed by atoms with E-state index in [9.17, 15) is 4.79 Å². The summed E-state index contributed by atoms with van der Waals surface area (Å²) in [7, 11) is 1.55. The van der Waals surface area contributed by atoms with E-state index in [-0.39, 0.29) is 5.91 Å². The fourth-order valence-electron chi connectivity index (χ4n) is 1.47. The normalized spacial score (nSPS) is 12.3. The van der Waals surface area contributed by atoms with Crippen LogP contribution in [-0.4, -0.2) is 19.6 Å². The monoisotopic (exact) mass is 250 g/mol. The van der Waals surface area contributed by atoms with Crippen LogP contribution >= 0.6 is 0 Å². The second-order valence-electron chi connectivity index (χ2n) is 4.89. The van der Waals surface area contributed by atoms with Gasteiger partial charge in [0, 0.05) is 12.1 Å². The smallest absolute Gasteiger partial charge is 0.251 e. The number of carbonyl (C=O) groups is 1. The SMILES string of the molecule is COc1ccc(C(=O)NCC(C)C(C)C)cc1N. The Morgan fingerprint density at radius 3 is 2.56 bits per heavy atom. The molecule has 0 radical (unpaired) electrons. The highest BCUT2D eigenvalue weighted by Gasteiger charge is 2.11. The van der Waals surface area contributed by atoms with Gasteiger partial charge in [-0.25, -0.2) is 0 Å². The minimum absolute atomic E-state index is 0.100. The Balaban J connectivity index is 2.65. The van der Waals surface area contributed by atoms with E-state index in [0.29, 0.717) is 35.4 Å². The average molecular weight is 250 g/mol. The molecule has 1 atom stereocenters. The van der Waals surface area contributed by atoms with Gasteiger partial charge < -0.3 is 15.8 Å². The standard InChI is InChI=1S/C14H22N2O2/c1-9(2)10(3)8-16-14(17)11-5-6-13(18-4)12(15)7-11/h5-7,9-10H,8,15H2,1-4H3,(H,16,17). The summed E-state index contributed by atoms with van der Waals surface area (Å²) in [6.07, 6.45) is 0. The van der Waals surface area contributed by atoms with Gasteiger partial charge in [0.05, 0.1) is 12.8 Å². The van der Waals surface area contributed by atoms with Gasteiger partial charge in [0.15, 0.2) is 0 Å². The maximum atomic E-state index is 11.9. The van der Waals surface area contributed by atoms with Crippen LogP contribution in [0.4, 0.5) is 5.69 Å². The van der Waals surface area contributed by atoms with Gasteiger partial charge in [-0.2, -0.15) is 0 Å². The number of hydrogen-bond acceptors (Lipinski definition) is 3. The summed E-state index contributed by atoms with van der Waals surface area (Å²) >= 11 is 0. The van der Waals surface area contributed by atoms with Crippen LogP contribution in [0.25, 0.3) is 0 Å². The summed E-state index contributed by atoms with van der Waals surface area (Å²) in [4.78, 5) is 11.9. The maximum Gasteiger partial charge on any atom is 0.251 e. The van der Waals surface area contributed by atoms with E-state index in [0.717, 1.165) is 0 Å². The van der Waals surface area contributed by atoms with Crippen molar-refractivity contribution < 1.29 is 9.53 Å². The zero-order valence-corrected chi connectivity index (χ0v) is 11.5. The molecule has 0 saturated carbocycles. The Labute approximate surface area is 109 Å². The number of anilines is 1. The predicted octanol–water partition coefficient (Wildman–Crippen LogP) is 2.30. The van der Waals surface area contributed by atoms with Gasteiger partial charge in [0.1, 0.15) is 5.75 Å². The fourth-order valence-corrected chi connectivity index (χ4v) is 1.47. The van der Waals surface area contributed by atoms with Crippen LogP contribution in [0.2, 0.25) is 0 Å². The van der Waals surface area contributed by atoms with Crippen molar-refractivity contribution >= 4 is 11.6 Å². The number of rotatable bonds is 5. The highest BCUT2D eigenvalue weighted by Crippen LogP contribution is 2.21. The molecule has 0 heterocycles. The van der Waals surface area contributed by atoms with Crippen LogP contribution in [0.1, 0.15) is 31.1 Å². The first-order valence-electron chi connectivity index (χ1n) is 6.17. The highest BCUT2D eigenvalue weighted by molar-refractivity contribution is 5.95.